The molecule has 1 aliphatic rings. The Kier molecular flexibility index (Phi) is 6.08. The van der Waals surface area contributed by atoms with Gasteiger partial charge in [0.1, 0.15) is 6.54 Å². The summed E-state index contributed by atoms with van der Waals surface area (Å²) < 4.78 is 28.2. The number of carbonyl (C=O) groups is 1. The summed E-state index contributed by atoms with van der Waals surface area (Å²) in [7, 11) is -3.86. The van der Waals surface area contributed by atoms with Crippen LogP contribution < -0.4 is 4.31 Å². The van der Waals surface area contributed by atoms with Gasteiger partial charge in [0.05, 0.1) is 10.6 Å². The molecule has 1 fully saturated rings. The van der Waals surface area contributed by atoms with E-state index < -0.39 is 10.0 Å². The van der Waals surface area contributed by atoms with Crippen LogP contribution in [0, 0.1) is 20.8 Å². The fourth-order valence-electron chi connectivity index (χ4n) is 3.49. The van der Waals surface area contributed by atoms with E-state index in [0.717, 1.165) is 36.0 Å². The van der Waals surface area contributed by atoms with Crippen molar-refractivity contribution in [2.24, 2.45) is 0 Å². The summed E-state index contributed by atoms with van der Waals surface area (Å²) in [4.78, 5) is 14.9. The maximum atomic E-state index is 13.5. The molecule has 0 atom stereocenters. The summed E-state index contributed by atoms with van der Waals surface area (Å²) in [6, 6.07) is 12.4. The van der Waals surface area contributed by atoms with Gasteiger partial charge >= 0.3 is 0 Å². The maximum Gasteiger partial charge on any atom is 0.264 e. The van der Waals surface area contributed by atoms with Crippen LogP contribution in [0.5, 0.6) is 0 Å². The number of aryl methyl sites for hydroxylation is 3. The monoisotopic (exact) mass is 400 g/mol. The summed E-state index contributed by atoms with van der Waals surface area (Å²) in [5.41, 5.74) is 3.33. The number of nitrogens with zero attached hydrogens (tertiary/aromatic N) is 2. The van der Waals surface area contributed by atoms with E-state index in [4.69, 9.17) is 0 Å². The average molecular weight is 401 g/mol. The second-order valence-corrected chi connectivity index (χ2v) is 9.42. The molecule has 6 heteroatoms. The first-order valence-corrected chi connectivity index (χ1v) is 11.2. The number of benzene rings is 2. The zero-order chi connectivity index (χ0) is 20.3. The molecule has 0 radical (unpaired) electrons. The van der Waals surface area contributed by atoms with Gasteiger partial charge < -0.3 is 4.90 Å². The number of carbonyl (C=O) groups excluding carboxylic acids is 1. The Morgan fingerprint density at radius 2 is 1.54 bits per heavy atom. The van der Waals surface area contributed by atoms with Gasteiger partial charge in [0.2, 0.25) is 5.91 Å². The van der Waals surface area contributed by atoms with Crippen LogP contribution in [0.15, 0.2) is 47.4 Å². The molecule has 0 bridgehead atoms. The van der Waals surface area contributed by atoms with Gasteiger partial charge in [0, 0.05) is 13.1 Å². The van der Waals surface area contributed by atoms with Crippen LogP contribution in [0.2, 0.25) is 0 Å². The number of hydrogen-bond donors (Lipinski definition) is 0. The number of sulfonamides is 1. The van der Waals surface area contributed by atoms with Crippen LogP contribution in [-0.4, -0.2) is 38.9 Å². The minimum absolute atomic E-state index is 0.142. The lowest BCUT2D eigenvalue weighted by molar-refractivity contribution is -0.130. The van der Waals surface area contributed by atoms with Gasteiger partial charge in [-0.05, 0) is 69.4 Å². The highest BCUT2D eigenvalue weighted by Crippen LogP contribution is 2.28. The van der Waals surface area contributed by atoms with Crippen molar-refractivity contribution < 1.29 is 13.2 Å². The van der Waals surface area contributed by atoms with E-state index in [1.807, 2.05) is 39.0 Å². The Bertz CT molecular complexity index is 946. The highest BCUT2D eigenvalue weighted by atomic mass is 32.2. The fourth-order valence-corrected chi connectivity index (χ4v) is 4.96. The predicted molar refractivity (Wildman–Crippen MR) is 112 cm³/mol. The molecule has 1 amide bonds. The predicted octanol–water partition coefficient (Wildman–Crippen LogP) is 3.82. The van der Waals surface area contributed by atoms with Crippen molar-refractivity contribution >= 4 is 21.6 Å². The summed E-state index contributed by atoms with van der Waals surface area (Å²) in [6.07, 6.45) is 3.06. The molecule has 1 heterocycles. The van der Waals surface area contributed by atoms with Crippen LogP contribution in [0.4, 0.5) is 5.69 Å². The van der Waals surface area contributed by atoms with Gasteiger partial charge in [-0.2, -0.15) is 0 Å². The van der Waals surface area contributed by atoms with E-state index in [-0.39, 0.29) is 17.3 Å². The minimum Gasteiger partial charge on any atom is -0.341 e. The van der Waals surface area contributed by atoms with Crippen LogP contribution in [0.3, 0.4) is 0 Å². The first-order chi connectivity index (χ1) is 13.3. The van der Waals surface area contributed by atoms with E-state index in [1.54, 1.807) is 29.2 Å². The minimum atomic E-state index is -3.86. The number of rotatable bonds is 5. The van der Waals surface area contributed by atoms with Crippen molar-refractivity contribution in [3.8, 4) is 0 Å². The number of amides is 1. The Morgan fingerprint density at radius 3 is 2.18 bits per heavy atom. The molecule has 28 heavy (non-hydrogen) atoms. The topological polar surface area (TPSA) is 57.7 Å². The fraction of sp³-hybridized carbons (Fsp3) is 0.409. The Morgan fingerprint density at radius 1 is 0.929 bits per heavy atom. The first-order valence-electron chi connectivity index (χ1n) is 9.73. The standard InChI is InChI=1S/C22H28N2O3S/c1-17-8-11-20(12-9-17)28(26,27)24(21-15-18(2)7-10-19(21)3)16-22(25)23-13-5-4-6-14-23/h7-12,15H,4-6,13-14,16H2,1-3H3. The molecule has 2 aromatic rings. The maximum absolute atomic E-state index is 13.5. The van der Waals surface area contributed by atoms with Crippen LogP contribution >= 0.6 is 0 Å². The molecule has 2 aromatic carbocycles. The lowest BCUT2D eigenvalue weighted by Gasteiger charge is -2.31. The largest absolute Gasteiger partial charge is 0.341 e. The van der Waals surface area contributed by atoms with E-state index >= 15 is 0 Å². The number of anilines is 1. The molecule has 150 valence electrons. The van der Waals surface area contributed by atoms with Crippen molar-refractivity contribution in [2.45, 2.75) is 44.9 Å². The van der Waals surface area contributed by atoms with Gasteiger partial charge in [0.15, 0.2) is 0 Å². The van der Waals surface area contributed by atoms with E-state index in [0.29, 0.717) is 18.8 Å². The number of likely N-dealkylation sites (tertiary alicyclic amines) is 1. The molecule has 0 N–H and O–H groups in total. The molecule has 1 aliphatic heterocycles. The normalized spacial score (nSPS) is 14.8. The third-order valence-electron chi connectivity index (χ3n) is 5.23. The Balaban J connectivity index is 2.02. The van der Waals surface area contributed by atoms with Gasteiger partial charge in [0.25, 0.3) is 10.0 Å². The molecule has 0 unspecified atom stereocenters. The molecule has 0 aliphatic carbocycles. The molecule has 1 saturated heterocycles. The van der Waals surface area contributed by atoms with Crippen LogP contribution in [0.1, 0.15) is 36.0 Å². The molecule has 5 nitrogen and oxygen atoms in total. The zero-order valence-electron chi connectivity index (χ0n) is 16.8. The molecular weight excluding hydrogens is 372 g/mol. The Hall–Kier alpha value is -2.34. The summed E-state index contributed by atoms with van der Waals surface area (Å²) in [5.74, 6) is -0.142. The summed E-state index contributed by atoms with van der Waals surface area (Å²) in [5, 5.41) is 0. The lowest BCUT2D eigenvalue weighted by atomic mass is 10.1. The number of hydrogen-bond acceptors (Lipinski definition) is 3. The Labute approximate surface area is 168 Å². The lowest BCUT2D eigenvalue weighted by Crippen LogP contribution is -2.45. The van der Waals surface area contributed by atoms with Crippen LogP contribution in [0.25, 0.3) is 0 Å². The van der Waals surface area contributed by atoms with Crippen LogP contribution in [-0.2, 0) is 14.8 Å². The smallest absolute Gasteiger partial charge is 0.264 e. The van der Waals surface area contributed by atoms with Gasteiger partial charge in [-0.15, -0.1) is 0 Å². The molecule has 3 rings (SSSR count). The summed E-state index contributed by atoms with van der Waals surface area (Å²) in [6.45, 7) is 6.93. The van der Waals surface area contributed by atoms with Gasteiger partial charge in [-0.1, -0.05) is 29.8 Å². The highest BCUT2D eigenvalue weighted by Gasteiger charge is 2.30. The first kappa shape index (κ1) is 20.4. The zero-order valence-corrected chi connectivity index (χ0v) is 17.6. The van der Waals surface area contributed by atoms with Gasteiger partial charge in [-0.25, -0.2) is 8.42 Å². The molecule has 0 spiro atoms. The number of piperidine rings is 1. The van der Waals surface area contributed by atoms with Crippen molar-refractivity contribution in [3.05, 3.63) is 59.2 Å². The summed E-state index contributed by atoms with van der Waals surface area (Å²) >= 11 is 0. The van der Waals surface area contributed by atoms with Crippen molar-refractivity contribution in [1.82, 2.24) is 4.90 Å². The highest BCUT2D eigenvalue weighted by molar-refractivity contribution is 7.92. The van der Waals surface area contributed by atoms with E-state index in [1.165, 1.54) is 4.31 Å². The van der Waals surface area contributed by atoms with E-state index in [9.17, 15) is 13.2 Å². The third-order valence-corrected chi connectivity index (χ3v) is 7.00. The van der Waals surface area contributed by atoms with Crippen molar-refractivity contribution in [1.29, 1.82) is 0 Å². The second-order valence-electron chi connectivity index (χ2n) is 7.56. The quantitative estimate of drug-likeness (QED) is 0.767. The van der Waals surface area contributed by atoms with Gasteiger partial charge in [-0.3, -0.25) is 9.10 Å². The van der Waals surface area contributed by atoms with E-state index in [2.05, 4.69) is 0 Å². The molecule has 0 saturated carbocycles. The second kappa shape index (κ2) is 8.35. The average Bonchev–Trinajstić information content (AvgIpc) is 2.69. The molecule has 0 aromatic heterocycles. The SMILES string of the molecule is Cc1ccc(S(=O)(=O)N(CC(=O)N2CCCCC2)c2cc(C)ccc2C)cc1. The third kappa shape index (κ3) is 4.38. The molecular formula is C22H28N2O3S. The van der Waals surface area contributed by atoms with Crippen molar-refractivity contribution in [3.63, 3.8) is 0 Å². The van der Waals surface area contributed by atoms with Crippen molar-refractivity contribution in [2.75, 3.05) is 23.9 Å².